The van der Waals surface area contributed by atoms with Crippen LogP contribution in [0.1, 0.15) is 63.7 Å². The summed E-state index contributed by atoms with van der Waals surface area (Å²) in [5.41, 5.74) is 12.9. The Hall–Kier alpha value is -3.40. The van der Waals surface area contributed by atoms with Gasteiger partial charge in [0.15, 0.2) is 0 Å². The van der Waals surface area contributed by atoms with Crippen molar-refractivity contribution in [2.45, 2.75) is 48.0 Å². The summed E-state index contributed by atoms with van der Waals surface area (Å²) in [4.78, 5) is 0. The van der Waals surface area contributed by atoms with Gasteiger partial charge < -0.3 is 0 Å². The summed E-state index contributed by atoms with van der Waals surface area (Å²) in [6, 6.07) is 38.8. The maximum atomic E-state index is 8.83. The zero-order chi connectivity index (χ0) is 35.0. The third-order valence-corrected chi connectivity index (χ3v) is 57.3. The molecule has 0 radical (unpaired) electrons. The molecule has 0 spiro atoms. The van der Waals surface area contributed by atoms with Crippen LogP contribution in [0.5, 0.6) is 0 Å². The summed E-state index contributed by atoms with van der Waals surface area (Å²) in [6.45, 7) is 13.1. The monoisotopic (exact) mass is 788 g/mol. The van der Waals surface area contributed by atoms with E-state index >= 15 is 0 Å². The van der Waals surface area contributed by atoms with Crippen molar-refractivity contribution in [3.63, 3.8) is 0 Å². The molecule has 0 aliphatic heterocycles. The first kappa shape index (κ1) is 33.7. The molecule has 2 aromatic heterocycles. The minimum absolute atomic E-state index is 0.204. The Morgan fingerprint density at radius 3 is 1.26 bits per heavy atom. The minimum atomic E-state index is -5.30. The molecule has 2 aliphatic carbocycles. The summed E-state index contributed by atoms with van der Waals surface area (Å²) in [5, 5.41) is 0. The first-order valence-corrected chi connectivity index (χ1v) is 32.7. The molecule has 6 aromatic rings. The standard InChI is InChI=1S/2C21H17O.C2H6Si.2ClH.Zr/c2*1-14-8-10-17-12-18(20-11-9-15(2)22-20)13-19(17)21(14)16-6-4-3-5-7-16;1-3-2;;;/h2*3-13H,1-2H3;1-2H3;2*1H;/q;;;;;+2/p-2. The SMILES string of the molecule is Cc1ccc(C2=Cc3c(ccc(C)c3-c3ccccc3)[CH]2[Zr]([Cl])([Cl])([CH]2C(c3ccc(C)o3)=Cc3c2ccc(C)c3-c2ccccc2)=[Si](C)C)o1. The molecule has 0 saturated heterocycles. The van der Waals surface area contributed by atoms with Crippen LogP contribution in [0.2, 0.25) is 13.1 Å². The first-order valence-electron chi connectivity index (χ1n) is 17.3. The second-order valence-electron chi connectivity index (χ2n) is 14.3. The molecule has 250 valence electrons. The van der Waals surface area contributed by atoms with Gasteiger partial charge in [0, 0.05) is 0 Å². The number of furan rings is 2. The molecule has 0 amide bonds. The summed E-state index contributed by atoms with van der Waals surface area (Å²) < 4.78 is 12.6. The van der Waals surface area contributed by atoms with E-state index in [0.717, 1.165) is 34.2 Å². The Balaban J connectivity index is 1.47. The summed E-state index contributed by atoms with van der Waals surface area (Å²) >= 11 is -5.30. The molecule has 2 nitrogen and oxygen atoms in total. The van der Waals surface area contributed by atoms with Gasteiger partial charge in [-0.3, -0.25) is 0 Å². The number of hydrogen-bond donors (Lipinski definition) is 0. The molecule has 2 atom stereocenters. The number of allylic oxidation sites excluding steroid dienone is 2. The normalized spacial score (nSPS) is 17.0. The molecule has 6 heteroatoms. The van der Waals surface area contributed by atoms with E-state index in [1.54, 1.807) is 0 Å². The number of fused-ring (bicyclic) bond motifs is 2. The van der Waals surface area contributed by atoms with Gasteiger partial charge in [0.05, 0.1) is 0 Å². The summed E-state index contributed by atoms with van der Waals surface area (Å²) in [6.07, 6.45) is 4.69. The molecule has 50 heavy (non-hydrogen) atoms. The van der Waals surface area contributed by atoms with Gasteiger partial charge in [0.1, 0.15) is 0 Å². The Morgan fingerprint density at radius 2 is 0.920 bits per heavy atom. The van der Waals surface area contributed by atoms with E-state index in [1.807, 2.05) is 26.0 Å². The molecule has 0 N–H and O–H groups in total. The third-order valence-electron chi connectivity index (χ3n) is 11.0. The quantitative estimate of drug-likeness (QED) is 0.157. The van der Waals surface area contributed by atoms with Gasteiger partial charge in [-0.1, -0.05) is 0 Å². The Labute approximate surface area is 303 Å². The van der Waals surface area contributed by atoms with E-state index < -0.39 is 20.4 Å². The molecular formula is C44H40Cl2O2SiZr. The summed E-state index contributed by atoms with van der Waals surface area (Å²) in [7, 11) is 17.7. The van der Waals surface area contributed by atoms with Gasteiger partial charge in [-0.15, -0.1) is 0 Å². The Kier molecular flexibility index (Phi) is 8.35. The maximum absolute atomic E-state index is 8.83. The summed E-state index contributed by atoms with van der Waals surface area (Å²) in [5.74, 6) is 3.43. The van der Waals surface area contributed by atoms with Gasteiger partial charge in [0.2, 0.25) is 0 Å². The van der Waals surface area contributed by atoms with Crippen LogP contribution in [0.4, 0.5) is 0 Å². The zero-order valence-electron chi connectivity index (χ0n) is 29.3. The van der Waals surface area contributed by atoms with E-state index in [1.165, 1.54) is 55.6 Å². The molecule has 4 aromatic carbocycles. The van der Waals surface area contributed by atoms with E-state index in [0.29, 0.717) is 0 Å². The second-order valence-corrected chi connectivity index (χ2v) is 53.1. The van der Waals surface area contributed by atoms with Crippen molar-refractivity contribution < 1.29 is 23.8 Å². The molecule has 8 rings (SSSR count). The van der Waals surface area contributed by atoms with Gasteiger partial charge >= 0.3 is 306 Å². The topological polar surface area (TPSA) is 26.3 Å². The molecule has 2 unspecified atom stereocenters. The van der Waals surface area contributed by atoms with Crippen LogP contribution in [0.3, 0.4) is 0 Å². The van der Waals surface area contributed by atoms with E-state index in [-0.39, 0.29) is 7.25 Å². The van der Waals surface area contributed by atoms with Crippen LogP contribution >= 0.6 is 17.0 Å². The average molecular weight is 791 g/mol. The van der Waals surface area contributed by atoms with Crippen molar-refractivity contribution in [2.24, 2.45) is 0 Å². The Morgan fingerprint density at radius 1 is 0.520 bits per heavy atom. The predicted molar refractivity (Wildman–Crippen MR) is 211 cm³/mol. The molecule has 0 bridgehead atoms. The fraction of sp³-hybridized carbons (Fsp3) is 0.182. The Bertz CT molecular complexity index is 2290. The third kappa shape index (κ3) is 5.13. The van der Waals surface area contributed by atoms with Crippen molar-refractivity contribution in [3.05, 3.63) is 166 Å². The van der Waals surface area contributed by atoms with Crippen LogP contribution in [0, 0.1) is 27.7 Å². The zero-order valence-corrected chi connectivity index (χ0v) is 34.2. The molecule has 2 aliphatic rings. The van der Waals surface area contributed by atoms with Gasteiger partial charge in [-0.25, -0.2) is 0 Å². The number of rotatable bonds is 6. The van der Waals surface area contributed by atoms with Crippen LogP contribution in [0.15, 0.2) is 118 Å². The van der Waals surface area contributed by atoms with Crippen LogP contribution < -0.4 is 0 Å². The average Bonchev–Trinajstić information content (AvgIpc) is 3.90. The predicted octanol–water partition coefficient (Wildman–Crippen LogP) is 13.6. The number of hydrogen-bond acceptors (Lipinski definition) is 2. The molecule has 2 heterocycles. The molecule has 0 fully saturated rings. The van der Waals surface area contributed by atoms with E-state index in [9.17, 15) is 0 Å². The van der Waals surface area contributed by atoms with Gasteiger partial charge in [-0.2, -0.15) is 0 Å². The van der Waals surface area contributed by atoms with Crippen LogP contribution in [0.25, 0.3) is 45.6 Å². The van der Waals surface area contributed by atoms with E-state index in [4.69, 9.17) is 25.9 Å². The van der Waals surface area contributed by atoms with Crippen molar-refractivity contribution >= 4 is 45.8 Å². The van der Waals surface area contributed by atoms with E-state index in [2.05, 4.69) is 136 Å². The van der Waals surface area contributed by atoms with Crippen LogP contribution in [-0.2, 0) is 15.0 Å². The first-order chi connectivity index (χ1) is 24.0. The molecular weight excluding hydrogens is 751 g/mol. The van der Waals surface area contributed by atoms with Crippen molar-refractivity contribution in [1.29, 1.82) is 0 Å². The van der Waals surface area contributed by atoms with Crippen molar-refractivity contribution in [2.75, 3.05) is 0 Å². The van der Waals surface area contributed by atoms with Crippen molar-refractivity contribution in [3.8, 4) is 22.3 Å². The fourth-order valence-corrected chi connectivity index (χ4v) is 36.3. The number of aryl methyl sites for hydroxylation is 4. The van der Waals surface area contributed by atoms with Crippen LogP contribution in [-0.4, -0.2) is 5.43 Å². The number of benzene rings is 4. The van der Waals surface area contributed by atoms with Gasteiger partial charge in [-0.05, 0) is 0 Å². The second kappa shape index (κ2) is 12.4. The number of halogens is 2. The fourth-order valence-electron chi connectivity index (χ4n) is 8.58. The van der Waals surface area contributed by atoms with Crippen molar-refractivity contribution in [1.82, 2.24) is 0 Å². The molecule has 0 saturated carbocycles. The van der Waals surface area contributed by atoms with Gasteiger partial charge in [0.25, 0.3) is 0 Å².